The average molecular weight is 281 g/mol. The van der Waals surface area contributed by atoms with E-state index in [-0.39, 0.29) is 11.6 Å². The number of hydrogen-bond donors (Lipinski definition) is 1. The summed E-state index contributed by atoms with van der Waals surface area (Å²) in [6, 6.07) is 9.33. The van der Waals surface area contributed by atoms with Crippen LogP contribution in [-0.4, -0.2) is 11.6 Å². The van der Waals surface area contributed by atoms with Gasteiger partial charge in [0, 0.05) is 22.4 Å². The largest absolute Gasteiger partial charge is 0.398 e. The maximum atomic E-state index is 11.5. The number of anilines is 1. The quantitative estimate of drug-likeness (QED) is 0.684. The third kappa shape index (κ3) is 2.72. The SMILES string of the molecule is CC(=O)c1ccc(-c2ccc(C(C)=O)c(C)c2N)cc1C. The number of nitrogens with two attached hydrogens (primary N) is 1. The van der Waals surface area contributed by atoms with Gasteiger partial charge in [0.15, 0.2) is 11.6 Å². The Hall–Kier alpha value is -2.42. The molecule has 2 aromatic rings. The van der Waals surface area contributed by atoms with Crippen LogP contribution in [0.15, 0.2) is 30.3 Å². The topological polar surface area (TPSA) is 60.2 Å². The molecule has 2 rings (SSSR count). The number of aryl methyl sites for hydroxylation is 1. The van der Waals surface area contributed by atoms with Crippen LogP contribution in [0.5, 0.6) is 0 Å². The van der Waals surface area contributed by atoms with Gasteiger partial charge in [-0.15, -0.1) is 0 Å². The second-order valence-corrected chi connectivity index (χ2v) is 5.34. The Morgan fingerprint density at radius 3 is 2.00 bits per heavy atom. The molecule has 3 heteroatoms. The maximum absolute atomic E-state index is 11.5. The molecule has 0 unspecified atom stereocenters. The van der Waals surface area contributed by atoms with Crippen molar-refractivity contribution in [2.45, 2.75) is 27.7 Å². The zero-order valence-corrected chi connectivity index (χ0v) is 12.8. The lowest BCUT2D eigenvalue weighted by Crippen LogP contribution is -2.03. The predicted octanol–water partition coefficient (Wildman–Crippen LogP) is 3.96. The highest BCUT2D eigenvalue weighted by Crippen LogP contribution is 2.31. The van der Waals surface area contributed by atoms with Gasteiger partial charge in [-0.25, -0.2) is 0 Å². The van der Waals surface area contributed by atoms with Crippen LogP contribution in [0, 0.1) is 13.8 Å². The van der Waals surface area contributed by atoms with Crippen LogP contribution in [-0.2, 0) is 0 Å². The lowest BCUT2D eigenvalue weighted by Gasteiger charge is -2.13. The fourth-order valence-corrected chi connectivity index (χ4v) is 2.59. The number of carbonyl (C=O) groups excluding carboxylic acids is 2. The van der Waals surface area contributed by atoms with Gasteiger partial charge in [0.1, 0.15) is 0 Å². The fourth-order valence-electron chi connectivity index (χ4n) is 2.59. The third-order valence-corrected chi connectivity index (χ3v) is 3.81. The summed E-state index contributed by atoms with van der Waals surface area (Å²) in [7, 11) is 0. The number of benzene rings is 2. The Balaban J connectivity index is 2.58. The lowest BCUT2D eigenvalue weighted by atomic mass is 9.93. The number of ketones is 2. The van der Waals surface area contributed by atoms with Gasteiger partial charge in [-0.1, -0.05) is 30.3 Å². The molecule has 2 aromatic carbocycles. The van der Waals surface area contributed by atoms with Crippen molar-refractivity contribution >= 4 is 17.3 Å². The second-order valence-electron chi connectivity index (χ2n) is 5.34. The summed E-state index contributed by atoms with van der Waals surface area (Å²) in [5.41, 5.74) is 11.7. The molecule has 0 aliphatic rings. The molecule has 0 aliphatic carbocycles. The summed E-state index contributed by atoms with van der Waals surface area (Å²) in [5, 5.41) is 0. The van der Waals surface area contributed by atoms with Crippen molar-refractivity contribution < 1.29 is 9.59 Å². The monoisotopic (exact) mass is 281 g/mol. The molecule has 0 atom stereocenters. The zero-order valence-electron chi connectivity index (χ0n) is 12.8. The molecule has 0 spiro atoms. The van der Waals surface area contributed by atoms with Crippen LogP contribution >= 0.6 is 0 Å². The predicted molar refractivity (Wildman–Crippen MR) is 85.8 cm³/mol. The first-order chi connectivity index (χ1) is 9.82. The van der Waals surface area contributed by atoms with Crippen molar-refractivity contribution in [2.24, 2.45) is 0 Å². The number of carbonyl (C=O) groups is 2. The van der Waals surface area contributed by atoms with Gasteiger partial charge in [0.2, 0.25) is 0 Å². The Bertz CT molecular complexity index is 745. The van der Waals surface area contributed by atoms with E-state index in [0.29, 0.717) is 11.3 Å². The Morgan fingerprint density at radius 2 is 1.48 bits per heavy atom. The van der Waals surface area contributed by atoms with Gasteiger partial charge in [0.25, 0.3) is 0 Å². The zero-order chi connectivity index (χ0) is 15.7. The molecule has 0 aromatic heterocycles. The van der Waals surface area contributed by atoms with E-state index >= 15 is 0 Å². The van der Waals surface area contributed by atoms with Crippen LogP contribution in [0.25, 0.3) is 11.1 Å². The first kappa shape index (κ1) is 15.0. The first-order valence-corrected chi connectivity index (χ1v) is 6.85. The summed E-state index contributed by atoms with van der Waals surface area (Å²) >= 11 is 0. The summed E-state index contributed by atoms with van der Waals surface area (Å²) in [4.78, 5) is 23.0. The molecule has 21 heavy (non-hydrogen) atoms. The highest BCUT2D eigenvalue weighted by Gasteiger charge is 2.13. The summed E-state index contributed by atoms with van der Waals surface area (Å²) < 4.78 is 0. The molecule has 2 N–H and O–H groups in total. The van der Waals surface area contributed by atoms with Crippen molar-refractivity contribution in [3.05, 3.63) is 52.6 Å². The average Bonchev–Trinajstić information content (AvgIpc) is 2.40. The van der Waals surface area contributed by atoms with Gasteiger partial charge in [-0.3, -0.25) is 9.59 Å². The van der Waals surface area contributed by atoms with Crippen LogP contribution < -0.4 is 5.73 Å². The van der Waals surface area contributed by atoms with E-state index in [9.17, 15) is 9.59 Å². The lowest BCUT2D eigenvalue weighted by molar-refractivity contribution is 0.100. The van der Waals surface area contributed by atoms with Crippen molar-refractivity contribution in [2.75, 3.05) is 5.73 Å². The summed E-state index contributed by atoms with van der Waals surface area (Å²) in [5.74, 6) is 0.0592. The minimum atomic E-state index is 0.00820. The van der Waals surface area contributed by atoms with E-state index < -0.39 is 0 Å². The standard InChI is InChI=1S/C18H19NO2/c1-10-9-14(5-6-15(10)12(3)20)17-8-7-16(13(4)21)11(2)18(17)19/h5-9H,19H2,1-4H3. The van der Waals surface area contributed by atoms with E-state index in [1.54, 1.807) is 13.0 Å². The smallest absolute Gasteiger partial charge is 0.160 e. The minimum absolute atomic E-state index is 0.00820. The highest BCUT2D eigenvalue weighted by molar-refractivity contribution is 5.99. The van der Waals surface area contributed by atoms with E-state index in [1.165, 1.54) is 6.92 Å². The highest BCUT2D eigenvalue weighted by atomic mass is 16.1. The molecular formula is C18H19NO2. The van der Waals surface area contributed by atoms with Crippen molar-refractivity contribution in [1.29, 1.82) is 0 Å². The Labute approximate surface area is 124 Å². The molecule has 0 radical (unpaired) electrons. The van der Waals surface area contributed by atoms with E-state index in [0.717, 1.165) is 27.8 Å². The van der Waals surface area contributed by atoms with Gasteiger partial charge in [-0.05, 0) is 44.4 Å². The molecule has 108 valence electrons. The summed E-state index contributed by atoms with van der Waals surface area (Å²) in [6.07, 6.45) is 0. The molecule has 0 aliphatic heterocycles. The number of Topliss-reactive ketones (excluding diaryl/α,β-unsaturated/α-hetero) is 2. The van der Waals surface area contributed by atoms with Crippen molar-refractivity contribution in [3.8, 4) is 11.1 Å². The molecule has 0 saturated carbocycles. The van der Waals surface area contributed by atoms with Crippen LogP contribution in [0.2, 0.25) is 0 Å². The van der Waals surface area contributed by atoms with Crippen molar-refractivity contribution in [1.82, 2.24) is 0 Å². The molecular weight excluding hydrogens is 262 g/mol. The van der Waals surface area contributed by atoms with E-state index in [1.807, 2.05) is 38.1 Å². The third-order valence-electron chi connectivity index (χ3n) is 3.81. The van der Waals surface area contributed by atoms with Crippen molar-refractivity contribution in [3.63, 3.8) is 0 Å². The second kappa shape index (κ2) is 5.52. The Kier molecular flexibility index (Phi) is 3.94. The van der Waals surface area contributed by atoms with Crippen LogP contribution in [0.3, 0.4) is 0 Å². The number of hydrogen-bond acceptors (Lipinski definition) is 3. The molecule has 0 bridgehead atoms. The summed E-state index contributed by atoms with van der Waals surface area (Å²) in [6.45, 7) is 6.86. The van der Waals surface area contributed by atoms with E-state index in [4.69, 9.17) is 5.73 Å². The van der Waals surface area contributed by atoms with Crippen LogP contribution in [0.1, 0.15) is 45.7 Å². The van der Waals surface area contributed by atoms with E-state index in [2.05, 4.69) is 0 Å². The minimum Gasteiger partial charge on any atom is -0.398 e. The van der Waals surface area contributed by atoms with Crippen LogP contribution in [0.4, 0.5) is 5.69 Å². The van der Waals surface area contributed by atoms with Gasteiger partial charge < -0.3 is 5.73 Å². The molecule has 0 saturated heterocycles. The van der Waals surface area contributed by atoms with Gasteiger partial charge in [0.05, 0.1) is 0 Å². The van der Waals surface area contributed by atoms with Gasteiger partial charge >= 0.3 is 0 Å². The number of rotatable bonds is 3. The Morgan fingerprint density at radius 1 is 0.905 bits per heavy atom. The molecule has 3 nitrogen and oxygen atoms in total. The number of nitrogen functional groups attached to an aromatic ring is 1. The maximum Gasteiger partial charge on any atom is 0.160 e. The molecule has 0 heterocycles. The first-order valence-electron chi connectivity index (χ1n) is 6.85. The molecule has 0 fully saturated rings. The molecule has 0 amide bonds. The normalized spacial score (nSPS) is 10.5. The fraction of sp³-hybridized carbons (Fsp3) is 0.222. The van der Waals surface area contributed by atoms with Gasteiger partial charge in [-0.2, -0.15) is 0 Å².